The van der Waals surface area contributed by atoms with Crippen molar-refractivity contribution in [1.82, 2.24) is 0 Å². The summed E-state index contributed by atoms with van der Waals surface area (Å²) in [6, 6.07) is 10.7. The van der Waals surface area contributed by atoms with E-state index in [-0.39, 0.29) is 5.75 Å². The molecule has 2 rings (SSSR count). The molecule has 0 aromatic heterocycles. The summed E-state index contributed by atoms with van der Waals surface area (Å²) < 4.78 is 11.2. The molecule has 0 fully saturated rings. The quantitative estimate of drug-likeness (QED) is 0.739. The van der Waals surface area contributed by atoms with Crippen molar-refractivity contribution in [3.63, 3.8) is 0 Å². The fourth-order valence-electron chi connectivity index (χ4n) is 2.05. The molecule has 0 bridgehead atoms. The van der Waals surface area contributed by atoms with E-state index in [9.17, 15) is 5.11 Å². The molecule has 0 saturated heterocycles. The zero-order chi connectivity index (χ0) is 15.9. The first-order valence-corrected chi connectivity index (χ1v) is 7.62. The maximum absolute atomic E-state index is 9.28. The molecule has 5 heteroatoms. The van der Waals surface area contributed by atoms with Gasteiger partial charge in [-0.3, -0.25) is 0 Å². The lowest BCUT2D eigenvalue weighted by Crippen LogP contribution is -2.03. The zero-order valence-corrected chi connectivity index (χ0v) is 13.5. The van der Waals surface area contributed by atoms with Crippen molar-refractivity contribution in [3.8, 4) is 17.2 Å². The van der Waals surface area contributed by atoms with E-state index in [1.807, 2.05) is 38.1 Å². The molecule has 0 spiro atoms. The number of hydrogen-bond acceptors (Lipinski definition) is 4. The molecule has 118 valence electrons. The Morgan fingerprint density at radius 2 is 1.73 bits per heavy atom. The number of rotatable bonds is 7. The zero-order valence-electron chi connectivity index (χ0n) is 12.7. The SMILES string of the molecule is CCOc1cc(CNc2ccc(O)cc2)cc(Cl)c1OCC. The van der Waals surface area contributed by atoms with Crippen LogP contribution in [0.25, 0.3) is 0 Å². The second kappa shape index (κ2) is 7.80. The number of benzene rings is 2. The molecule has 4 nitrogen and oxygen atoms in total. The average molecular weight is 322 g/mol. The normalized spacial score (nSPS) is 10.3. The van der Waals surface area contributed by atoms with Crippen molar-refractivity contribution >= 4 is 17.3 Å². The first-order valence-electron chi connectivity index (χ1n) is 7.25. The third kappa shape index (κ3) is 4.21. The van der Waals surface area contributed by atoms with E-state index in [4.69, 9.17) is 21.1 Å². The van der Waals surface area contributed by atoms with Crippen LogP contribution in [0.15, 0.2) is 36.4 Å². The van der Waals surface area contributed by atoms with Gasteiger partial charge in [0.25, 0.3) is 0 Å². The summed E-state index contributed by atoms with van der Waals surface area (Å²) in [6.45, 7) is 5.50. The van der Waals surface area contributed by atoms with Crippen molar-refractivity contribution in [2.45, 2.75) is 20.4 Å². The lowest BCUT2D eigenvalue weighted by Gasteiger charge is -2.15. The molecule has 0 radical (unpaired) electrons. The summed E-state index contributed by atoms with van der Waals surface area (Å²) >= 11 is 6.29. The highest BCUT2D eigenvalue weighted by Crippen LogP contribution is 2.36. The van der Waals surface area contributed by atoms with Gasteiger partial charge < -0.3 is 19.9 Å². The number of hydrogen-bond donors (Lipinski definition) is 2. The summed E-state index contributed by atoms with van der Waals surface area (Å²) in [5, 5.41) is 13.1. The lowest BCUT2D eigenvalue weighted by atomic mass is 10.2. The molecule has 2 aromatic carbocycles. The molecular weight excluding hydrogens is 302 g/mol. The third-order valence-electron chi connectivity index (χ3n) is 3.02. The standard InChI is InChI=1S/C17H20ClNO3/c1-3-21-16-10-12(9-15(18)17(16)22-4-2)11-19-13-5-7-14(20)8-6-13/h5-10,19-20H,3-4,11H2,1-2H3. The van der Waals surface area contributed by atoms with E-state index >= 15 is 0 Å². The molecule has 2 N–H and O–H groups in total. The number of ether oxygens (including phenoxy) is 2. The Morgan fingerprint density at radius 1 is 1.05 bits per heavy atom. The molecule has 2 aromatic rings. The van der Waals surface area contributed by atoms with E-state index in [1.165, 1.54) is 0 Å². The van der Waals surface area contributed by atoms with Crippen LogP contribution in [0.1, 0.15) is 19.4 Å². The molecule has 0 heterocycles. The highest BCUT2D eigenvalue weighted by atomic mass is 35.5. The first kappa shape index (κ1) is 16.3. The Kier molecular flexibility index (Phi) is 5.78. The highest BCUT2D eigenvalue weighted by Gasteiger charge is 2.12. The van der Waals surface area contributed by atoms with Crippen LogP contribution in [-0.4, -0.2) is 18.3 Å². The molecule has 0 unspecified atom stereocenters. The smallest absolute Gasteiger partial charge is 0.179 e. The van der Waals surface area contributed by atoms with Crippen LogP contribution in [0.2, 0.25) is 5.02 Å². The van der Waals surface area contributed by atoms with Gasteiger partial charge >= 0.3 is 0 Å². The number of halogens is 1. The van der Waals surface area contributed by atoms with Crippen molar-refractivity contribution < 1.29 is 14.6 Å². The predicted octanol–water partition coefficient (Wildman–Crippen LogP) is 4.46. The summed E-state index contributed by atoms with van der Waals surface area (Å²) in [5.74, 6) is 1.48. The van der Waals surface area contributed by atoms with E-state index in [0.29, 0.717) is 36.3 Å². The van der Waals surface area contributed by atoms with Crippen LogP contribution in [0, 0.1) is 0 Å². The van der Waals surface area contributed by atoms with Gasteiger partial charge in [-0.05, 0) is 55.8 Å². The van der Waals surface area contributed by atoms with Gasteiger partial charge in [0.1, 0.15) is 5.75 Å². The Labute approximate surface area is 135 Å². The number of phenolic OH excluding ortho intramolecular Hbond substituents is 1. The molecule has 0 amide bonds. The van der Waals surface area contributed by atoms with Gasteiger partial charge in [0.15, 0.2) is 11.5 Å². The maximum Gasteiger partial charge on any atom is 0.179 e. The van der Waals surface area contributed by atoms with Crippen LogP contribution in [-0.2, 0) is 6.54 Å². The molecule has 0 saturated carbocycles. The van der Waals surface area contributed by atoms with Crippen molar-refractivity contribution in [1.29, 1.82) is 0 Å². The predicted molar refractivity (Wildman–Crippen MR) is 89.2 cm³/mol. The van der Waals surface area contributed by atoms with Crippen LogP contribution >= 0.6 is 11.6 Å². The monoisotopic (exact) mass is 321 g/mol. The number of nitrogens with one attached hydrogen (secondary N) is 1. The fraction of sp³-hybridized carbons (Fsp3) is 0.294. The minimum absolute atomic E-state index is 0.244. The Morgan fingerprint density at radius 3 is 2.36 bits per heavy atom. The molecule has 22 heavy (non-hydrogen) atoms. The summed E-state index contributed by atoms with van der Waals surface area (Å²) in [7, 11) is 0. The largest absolute Gasteiger partial charge is 0.508 e. The topological polar surface area (TPSA) is 50.7 Å². The highest BCUT2D eigenvalue weighted by molar-refractivity contribution is 6.32. The Bertz CT molecular complexity index is 614. The molecule has 0 aliphatic rings. The van der Waals surface area contributed by atoms with E-state index in [0.717, 1.165) is 11.3 Å². The van der Waals surface area contributed by atoms with Crippen LogP contribution in [0.3, 0.4) is 0 Å². The van der Waals surface area contributed by atoms with Crippen molar-refractivity contribution in [2.24, 2.45) is 0 Å². The van der Waals surface area contributed by atoms with Gasteiger partial charge in [-0.1, -0.05) is 11.6 Å². The summed E-state index contributed by atoms with van der Waals surface area (Å²) in [4.78, 5) is 0. The first-order chi connectivity index (χ1) is 10.6. The maximum atomic E-state index is 9.28. The Hall–Kier alpha value is -2.07. The summed E-state index contributed by atoms with van der Waals surface area (Å²) in [6.07, 6.45) is 0. The van der Waals surface area contributed by atoms with Crippen molar-refractivity contribution in [3.05, 3.63) is 47.0 Å². The number of anilines is 1. The van der Waals surface area contributed by atoms with Gasteiger partial charge in [0.2, 0.25) is 0 Å². The molecule has 0 aliphatic carbocycles. The van der Waals surface area contributed by atoms with Crippen LogP contribution < -0.4 is 14.8 Å². The van der Waals surface area contributed by atoms with E-state index in [2.05, 4.69) is 5.32 Å². The third-order valence-corrected chi connectivity index (χ3v) is 3.30. The second-order valence-corrected chi connectivity index (χ2v) is 5.08. The van der Waals surface area contributed by atoms with Crippen molar-refractivity contribution in [2.75, 3.05) is 18.5 Å². The lowest BCUT2D eigenvalue weighted by molar-refractivity contribution is 0.287. The number of aromatic hydroxyl groups is 1. The van der Waals surface area contributed by atoms with Gasteiger partial charge in [-0.2, -0.15) is 0 Å². The van der Waals surface area contributed by atoms with Gasteiger partial charge in [-0.15, -0.1) is 0 Å². The average Bonchev–Trinajstić information content (AvgIpc) is 2.50. The van der Waals surface area contributed by atoms with Gasteiger partial charge in [0.05, 0.1) is 18.2 Å². The van der Waals surface area contributed by atoms with E-state index < -0.39 is 0 Å². The molecule has 0 aliphatic heterocycles. The Balaban J connectivity index is 2.15. The number of phenols is 1. The summed E-state index contributed by atoms with van der Waals surface area (Å²) in [5.41, 5.74) is 1.91. The molecule has 0 atom stereocenters. The molecular formula is C17H20ClNO3. The second-order valence-electron chi connectivity index (χ2n) is 4.67. The van der Waals surface area contributed by atoms with Gasteiger partial charge in [-0.25, -0.2) is 0 Å². The van der Waals surface area contributed by atoms with Gasteiger partial charge in [0, 0.05) is 12.2 Å². The fourth-order valence-corrected chi connectivity index (χ4v) is 2.34. The minimum Gasteiger partial charge on any atom is -0.508 e. The van der Waals surface area contributed by atoms with Crippen LogP contribution in [0.5, 0.6) is 17.2 Å². The minimum atomic E-state index is 0.244. The van der Waals surface area contributed by atoms with Crippen LogP contribution in [0.4, 0.5) is 5.69 Å². The van der Waals surface area contributed by atoms with E-state index in [1.54, 1.807) is 12.1 Å².